The SMILES string of the molecule is COCCOOC(=O)C(C(=O)c1c(C)cc(C)cc1C)C1CCCC1.O=[PH2+]. The molecule has 0 saturated heterocycles. The van der Waals surface area contributed by atoms with Gasteiger partial charge >= 0.3 is 15.1 Å². The Morgan fingerprint density at radius 3 is 2.15 bits per heavy atom. The van der Waals surface area contributed by atoms with Crippen LogP contribution in [0.4, 0.5) is 0 Å². The Kier molecular flexibility index (Phi) is 10.4. The topological polar surface area (TPSA) is 78.9 Å². The molecule has 0 heterocycles. The van der Waals surface area contributed by atoms with Crippen LogP contribution in [0.15, 0.2) is 12.1 Å². The zero-order valence-electron chi connectivity index (χ0n) is 16.6. The minimum atomic E-state index is -0.801. The summed E-state index contributed by atoms with van der Waals surface area (Å²) in [5.74, 6) is -1.52. The predicted molar refractivity (Wildman–Crippen MR) is 105 cm³/mol. The van der Waals surface area contributed by atoms with Crippen molar-refractivity contribution < 1.29 is 28.7 Å². The van der Waals surface area contributed by atoms with Crippen LogP contribution in [0.3, 0.4) is 0 Å². The van der Waals surface area contributed by atoms with E-state index in [-0.39, 0.29) is 18.3 Å². The summed E-state index contributed by atoms with van der Waals surface area (Å²) >= 11 is 0. The van der Waals surface area contributed by atoms with Crippen LogP contribution < -0.4 is 0 Å². The summed E-state index contributed by atoms with van der Waals surface area (Å²) in [4.78, 5) is 35.7. The number of rotatable bonds is 8. The minimum Gasteiger partial charge on any atom is -0.382 e. The average molecular weight is 397 g/mol. The van der Waals surface area contributed by atoms with Gasteiger partial charge in [-0.15, -0.1) is 0 Å². The average Bonchev–Trinajstić information content (AvgIpc) is 3.14. The van der Waals surface area contributed by atoms with Gasteiger partial charge in [-0.2, -0.15) is 4.89 Å². The minimum absolute atomic E-state index is 0.0196. The highest BCUT2D eigenvalue weighted by Crippen LogP contribution is 2.35. The Morgan fingerprint density at radius 1 is 1.07 bits per heavy atom. The fraction of sp³-hybridized carbons (Fsp3) is 0.600. The Bertz CT molecular complexity index is 616. The van der Waals surface area contributed by atoms with Crippen molar-refractivity contribution in [2.45, 2.75) is 46.5 Å². The van der Waals surface area contributed by atoms with Crippen LogP contribution >= 0.6 is 9.12 Å². The van der Waals surface area contributed by atoms with Crippen LogP contribution in [0.2, 0.25) is 0 Å². The van der Waals surface area contributed by atoms with E-state index in [0.717, 1.165) is 42.4 Å². The van der Waals surface area contributed by atoms with E-state index in [0.29, 0.717) is 12.2 Å². The summed E-state index contributed by atoms with van der Waals surface area (Å²) in [7, 11) is 2.71. The molecule has 0 N–H and O–H groups in total. The number of carbonyl (C=O) groups is 2. The number of carbonyl (C=O) groups excluding carboxylic acids is 2. The normalized spacial score (nSPS) is 15.0. The molecule has 0 radical (unpaired) electrons. The van der Waals surface area contributed by atoms with Crippen molar-refractivity contribution in [3.8, 4) is 0 Å². The van der Waals surface area contributed by atoms with Crippen molar-refractivity contribution in [3.63, 3.8) is 0 Å². The molecule has 2 atom stereocenters. The molecule has 1 aromatic carbocycles. The summed E-state index contributed by atoms with van der Waals surface area (Å²) in [6.45, 7) is 6.31. The van der Waals surface area contributed by atoms with Gasteiger partial charge < -0.3 is 4.74 Å². The molecular weight excluding hydrogens is 367 g/mol. The molecule has 2 unspecified atom stereocenters. The van der Waals surface area contributed by atoms with Crippen molar-refractivity contribution >= 4 is 20.9 Å². The fourth-order valence-corrected chi connectivity index (χ4v) is 3.80. The molecule has 7 heteroatoms. The molecule has 0 bridgehead atoms. The van der Waals surface area contributed by atoms with Crippen molar-refractivity contribution in [1.82, 2.24) is 0 Å². The van der Waals surface area contributed by atoms with E-state index in [1.54, 1.807) is 7.11 Å². The number of aryl methyl sites for hydroxylation is 3. The van der Waals surface area contributed by atoms with Crippen molar-refractivity contribution in [3.05, 3.63) is 34.4 Å². The molecule has 1 fully saturated rings. The molecule has 1 aliphatic rings. The first-order chi connectivity index (χ1) is 13.0. The Balaban J connectivity index is 0.00000176. The van der Waals surface area contributed by atoms with Crippen molar-refractivity contribution in [1.29, 1.82) is 0 Å². The van der Waals surface area contributed by atoms with E-state index in [2.05, 4.69) is 0 Å². The highest BCUT2D eigenvalue weighted by atomic mass is 31.0. The maximum Gasteiger partial charge on any atom is 0.353 e. The predicted octanol–water partition coefficient (Wildman–Crippen LogP) is 3.93. The van der Waals surface area contributed by atoms with Gasteiger partial charge in [-0.3, -0.25) is 9.68 Å². The highest BCUT2D eigenvalue weighted by molar-refractivity contribution is 7.00. The molecule has 1 saturated carbocycles. The number of methoxy groups -OCH3 is 1. The lowest BCUT2D eigenvalue weighted by Crippen LogP contribution is -2.33. The second kappa shape index (κ2) is 12.0. The summed E-state index contributed by atoms with van der Waals surface area (Å²) in [6.07, 6.45) is 3.82. The lowest BCUT2D eigenvalue weighted by atomic mass is 9.82. The van der Waals surface area contributed by atoms with E-state index in [9.17, 15) is 9.59 Å². The smallest absolute Gasteiger partial charge is 0.353 e. The van der Waals surface area contributed by atoms with E-state index in [4.69, 9.17) is 19.1 Å². The molecule has 6 nitrogen and oxygen atoms in total. The first-order valence-corrected chi connectivity index (χ1v) is 9.60. The maximum absolute atomic E-state index is 13.2. The number of hydrogen-bond acceptors (Lipinski definition) is 6. The van der Waals surface area contributed by atoms with Gasteiger partial charge in [0.2, 0.25) is 0 Å². The lowest BCUT2D eigenvalue weighted by molar-refractivity contribution is -0.279. The molecule has 0 aromatic heterocycles. The second-order valence-electron chi connectivity index (χ2n) is 6.88. The van der Waals surface area contributed by atoms with Crippen molar-refractivity contribution in [2.24, 2.45) is 11.8 Å². The van der Waals surface area contributed by atoms with Crippen LogP contribution in [-0.2, 0) is 23.9 Å². The summed E-state index contributed by atoms with van der Waals surface area (Å²) < 4.78 is 13.0. The zero-order valence-corrected chi connectivity index (χ0v) is 17.7. The van der Waals surface area contributed by atoms with E-state index in [1.165, 1.54) is 9.12 Å². The quantitative estimate of drug-likeness (QED) is 0.165. The van der Waals surface area contributed by atoms with Gasteiger partial charge in [-0.25, -0.2) is 4.79 Å². The monoisotopic (exact) mass is 397 g/mol. The molecular formula is C20H30O6P+. The lowest BCUT2D eigenvalue weighted by Gasteiger charge is -2.22. The Labute approximate surface area is 163 Å². The molecule has 0 amide bonds. The third-order valence-corrected chi connectivity index (χ3v) is 4.84. The number of benzene rings is 1. The van der Waals surface area contributed by atoms with Crippen LogP contribution in [0.5, 0.6) is 0 Å². The van der Waals surface area contributed by atoms with E-state index >= 15 is 0 Å². The molecule has 1 aliphatic carbocycles. The van der Waals surface area contributed by atoms with E-state index < -0.39 is 11.9 Å². The largest absolute Gasteiger partial charge is 0.382 e. The molecule has 1 aromatic rings. The van der Waals surface area contributed by atoms with Gasteiger partial charge in [-0.1, -0.05) is 35.1 Å². The molecule has 2 rings (SSSR count). The molecule has 150 valence electrons. The molecule has 0 spiro atoms. The maximum atomic E-state index is 13.2. The number of ketones is 1. The number of hydrogen-bond donors (Lipinski definition) is 0. The first-order valence-electron chi connectivity index (χ1n) is 9.13. The van der Waals surface area contributed by atoms with Crippen LogP contribution in [-0.4, -0.2) is 32.1 Å². The van der Waals surface area contributed by atoms with Gasteiger partial charge in [0.25, 0.3) is 0 Å². The first kappa shape index (κ1) is 23.4. The van der Waals surface area contributed by atoms with Gasteiger partial charge in [0.15, 0.2) is 5.78 Å². The van der Waals surface area contributed by atoms with Gasteiger partial charge in [0, 0.05) is 12.7 Å². The zero-order chi connectivity index (χ0) is 20.4. The standard InChI is InChI=1S/C20H28O5.H2OP/c1-13-11-14(2)17(15(3)12-13)19(21)18(16-7-5-6-8-16)20(22)25-24-10-9-23-4;1-2/h11-12,16,18H,5-10H2,1-4H3;2H2/q;+1. The van der Waals surface area contributed by atoms with Crippen LogP contribution in [0.25, 0.3) is 0 Å². The third kappa shape index (κ3) is 6.49. The third-order valence-electron chi connectivity index (χ3n) is 4.84. The van der Waals surface area contributed by atoms with Gasteiger partial charge in [0.1, 0.15) is 12.5 Å². The van der Waals surface area contributed by atoms with Gasteiger partial charge in [0.05, 0.1) is 6.61 Å². The summed E-state index contributed by atoms with van der Waals surface area (Å²) in [5.41, 5.74) is 3.54. The molecule has 0 aliphatic heterocycles. The Morgan fingerprint density at radius 2 is 1.63 bits per heavy atom. The fourth-order valence-electron chi connectivity index (χ4n) is 3.80. The van der Waals surface area contributed by atoms with E-state index in [1.807, 2.05) is 32.9 Å². The highest BCUT2D eigenvalue weighted by Gasteiger charge is 2.39. The number of Topliss-reactive ketones (excluding diaryl/α,β-unsaturated/α-hetero) is 1. The second-order valence-corrected chi connectivity index (χ2v) is 6.88. The summed E-state index contributed by atoms with van der Waals surface area (Å²) in [5, 5.41) is 0. The molecule has 27 heavy (non-hydrogen) atoms. The Hall–Kier alpha value is -1.62. The number of ether oxygens (including phenoxy) is 1. The van der Waals surface area contributed by atoms with Gasteiger partial charge in [-0.05, 0) is 50.7 Å². The van der Waals surface area contributed by atoms with Crippen LogP contribution in [0, 0.1) is 32.6 Å². The van der Waals surface area contributed by atoms with Crippen molar-refractivity contribution in [2.75, 3.05) is 20.3 Å². The summed E-state index contributed by atoms with van der Waals surface area (Å²) in [6, 6.07) is 3.96. The van der Waals surface area contributed by atoms with Crippen LogP contribution in [0.1, 0.15) is 52.7 Å².